The average molecular weight is 492 g/mol. The number of aromatic amines is 1. The number of nitrogens with zero attached hydrogens (tertiary/aromatic N) is 3. The number of aromatic nitrogens is 4. The topological polar surface area (TPSA) is 46.5 Å². The Balaban J connectivity index is 1.63. The lowest BCUT2D eigenvalue weighted by Crippen LogP contribution is -2.04. The van der Waals surface area contributed by atoms with Crippen molar-refractivity contribution >= 4 is 33.6 Å². The van der Waals surface area contributed by atoms with Gasteiger partial charge in [-0.05, 0) is 61.2 Å². The van der Waals surface area contributed by atoms with E-state index >= 15 is 0 Å². The number of aryl methyl sites for hydroxylation is 1. The SMILES string of the molecule is Cc1ccc2c(c1)c1cc(C(F)(F)F)ccc1n2-c1cccc(Sc2cc(C(F)(F)F)[nH]n2)n1. The number of pyridine rings is 1. The van der Waals surface area contributed by atoms with E-state index in [0.29, 0.717) is 32.6 Å². The summed E-state index contributed by atoms with van der Waals surface area (Å²) in [5.41, 5.74) is 0.359. The first-order valence-electron chi connectivity index (χ1n) is 9.90. The zero-order chi connectivity index (χ0) is 24.3. The number of H-pyrrole nitrogens is 1. The Morgan fingerprint density at radius 3 is 2.18 bits per heavy atom. The van der Waals surface area contributed by atoms with Crippen molar-refractivity contribution in [3.8, 4) is 5.82 Å². The summed E-state index contributed by atoms with van der Waals surface area (Å²) in [7, 11) is 0. The quantitative estimate of drug-likeness (QED) is 0.267. The Labute approximate surface area is 192 Å². The zero-order valence-corrected chi connectivity index (χ0v) is 18.1. The Bertz CT molecular complexity index is 1530. The van der Waals surface area contributed by atoms with Gasteiger partial charge in [-0.2, -0.15) is 31.4 Å². The predicted octanol–water partition coefficient (Wildman–Crippen LogP) is 7.40. The smallest absolute Gasteiger partial charge is 0.294 e. The van der Waals surface area contributed by atoms with E-state index in [-0.39, 0.29) is 5.03 Å². The van der Waals surface area contributed by atoms with E-state index in [1.54, 1.807) is 22.8 Å². The van der Waals surface area contributed by atoms with E-state index in [2.05, 4.69) is 10.1 Å². The highest BCUT2D eigenvalue weighted by atomic mass is 32.2. The van der Waals surface area contributed by atoms with Crippen molar-refractivity contribution in [2.45, 2.75) is 29.3 Å². The van der Waals surface area contributed by atoms with Gasteiger partial charge in [0.15, 0.2) is 0 Å². The summed E-state index contributed by atoms with van der Waals surface area (Å²) in [6, 6.07) is 14.9. The molecule has 4 nitrogen and oxygen atoms in total. The summed E-state index contributed by atoms with van der Waals surface area (Å²) < 4.78 is 80.4. The summed E-state index contributed by atoms with van der Waals surface area (Å²) >= 11 is 0.939. The van der Waals surface area contributed by atoms with E-state index in [0.717, 1.165) is 35.5 Å². The van der Waals surface area contributed by atoms with Gasteiger partial charge < -0.3 is 0 Å². The minimum Gasteiger partial charge on any atom is -0.294 e. The van der Waals surface area contributed by atoms with E-state index in [4.69, 9.17) is 0 Å². The maximum absolute atomic E-state index is 13.4. The molecule has 174 valence electrons. The molecule has 0 aliphatic carbocycles. The Kier molecular flexibility index (Phi) is 5.12. The van der Waals surface area contributed by atoms with Gasteiger partial charge in [0.05, 0.1) is 16.6 Å². The van der Waals surface area contributed by atoms with Crippen LogP contribution in [0, 0.1) is 6.92 Å². The van der Waals surface area contributed by atoms with Crippen molar-refractivity contribution in [2.75, 3.05) is 0 Å². The van der Waals surface area contributed by atoms with Crippen molar-refractivity contribution in [3.05, 3.63) is 77.5 Å². The molecule has 0 aliphatic heterocycles. The van der Waals surface area contributed by atoms with Crippen LogP contribution >= 0.6 is 11.8 Å². The van der Waals surface area contributed by atoms with Crippen LogP contribution in [0.5, 0.6) is 0 Å². The number of nitrogens with one attached hydrogen (secondary N) is 1. The molecule has 0 aliphatic rings. The van der Waals surface area contributed by atoms with E-state index in [1.165, 1.54) is 6.07 Å². The van der Waals surface area contributed by atoms with Crippen LogP contribution in [-0.4, -0.2) is 19.7 Å². The van der Waals surface area contributed by atoms with Crippen molar-refractivity contribution in [3.63, 3.8) is 0 Å². The summed E-state index contributed by atoms with van der Waals surface area (Å²) in [6.07, 6.45) is -9.03. The van der Waals surface area contributed by atoms with Gasteiger partial charge in [0.2, 0.25) is 0 Å². The second kappa shape index (κ2) is 7.79. The van der Waals surface area contributed by atoms with Crippen LogP contribution in [0.2, 0.25) is 0 Å². The molecule has 3 aromatic heterocycles. The summed E-state index contributed by atoms with van der Waals surface area (Å²) in [4.78, 5) is 4.54. The first-order valence-corrected chi connectivity index (χ1v) is 10.7. The first kappa shape index (κ1) is 22.3. The minimum atomic E-state index is -4.54. The molecule has 0 saturated heterocycles. The van der Waals surface area contributed by atoms with Gasteiger partial charge in [0.1, 0.15) is 21.6 Å². The monoisotopic (exact) mass is 492 g/mol. The third-order valence-electron chi connectivity index (χ3n) is 5.25. The Morgan fingerprint density at radius 2 is 1.50 bits per heavy atom. The maximum Gasteiger partial charge on any atom is 0.432 e. The average Bonchev–Trinajstić information content (AvgIpc) is 3.35. The van der Waals surface area contributed by atoms with Gasteiger partial charge in [0.25, 0.3) is 0 Å². The second-order valence-electron chi connectivity index (χ2n) is 7.64. The highest BCUT2D eigenvalue weighted by Crippen LogP contribution is 2.38. The molecule has 0 fully saturated rings. The van der Waals surface area contributed by atoms with Gasteiger partial charge in [0, 0.05) is 16.8 Å². The van der Waals surface area contributed by atoms with Crippen LogP contribution in [0.4, 0.5) is 26.3 Å². The zero-order valence-electron chi connectivity index (χ0n) is 17.3. The van der Waals surface area contributed by atoms with Crippen LogP contribution < -0.4 is 0 Å². The standard InChI is InChI=1S/C23H14F6N4S/c1-12-5-7-16-14(9-12)15-10-13(22(24,25)26)6-8-17(15)33(16)19-3-2-4-20(30-19)34-21-11-18(31-32-21)23(27,28)29/h2-11H,1H3,(H,31,32). The molecule has 0 spiro atoms. The fourth-order valence-electron chi connectivity index (χ4n) is 3.75. The molecular formula is C23H14F6N4S. The Hall–Kier alpha value is -3.47. The number of halogens is 6. The molecule has 34 heavy (non-hydrogen) atoms. The highest BCUT2D eigenvalue weighted by Gasteiger charge is 2.33. The third-order valence-corrected chi connectivity index (χ3v) is 6.11. The van der Waals surface area contributed by atoms with Crippen LogP contribution in [0.1, 0.15) is 16.8 Å². The van der Waals surface area contributed by atoms with E-state index < -0.39 is 23.6 Å². The number of benzene rings is 2. The molecule has 0 radical (unpaired) electrons. The summed E-state index contributed by atoms with van der Waals surface area (Å²) in [6.45, 7) is 1.85. The molecule has 0 saturated carbocycles. The number of fused-ring (bicyclic) bond motifs is 3. The van der Waals surface area contributed by atoms with Gasteiger partial charge in [-0.3, -0.25) is 9.67 Å². The highest BCUT2D eigenvalue weighted by molar-refractivity contribution is 7.99. The van der Waals surface area contributed by atoms with E-state index in [9.17, 15) is 26.3 Å². The molecule has 0 atom stereocenters. The molecule has 1 N–H and O–H groups in total. The van der Waals surface area contributed by atoms with Crippen LogP contribution in [0.15, 0.2) is 70.7 Å². The lowest BCUT2D eigenvalue weighted by Gasteiger charge is -2.09. The normalized spacial score (nSPS) is 12.7. The molecule has 0 amide bonds. The van der Waals surface area contributed by atoms with Gasteiger partial charge >= 0.3 is 12.4 Å². The minimum absolute atomic E-state index is 0.0876. The van der Waals surface area contributed by atoms with Gasteiger partial charge in [-0.15, -0.1) is 0 Å². The van der Waals surface area contributed by atoms with Crippen LogP contribution in [-0.2, 0) is 12.4 Å². The van der Waals surface area contributed by atoms with E-state index in [1.807, 2.05) is 30.2 Å². The molecule has 5 rings (SSSR count). The molecule has 0 unspecified atom stereocenters. The Morgan fingerprint density at radius 1 is 0.794 bits per heavy atom. The summed E-state index contributed by atoms with van der Waals surface area (Å²) in [5, 5.41) is 7.17. The van der Waals surface area contributed by atoms with Crippen LogP contribution in [0.3, 0.4) is 0 Å². The van der Waals surface area contributed by atoms with Crippen molar-refractivity contribution in [1.29, 1.82) is 0 Å². The molecule has 5 aromatic rings. The van der Waals surface area contributed by atoms with Crippen molar-refractivity contribution in [1.82, 2.24) is 19.7 Å². The fraction of sp³-hybridized carbons (Fsp3) is 0.130. The third kappa shape index (κ3) is 4.00. The maximum atomic E-state index is 13.4. The van der Waals surface area contributed by atoms with Gasteiger partial charge in [-0.25, -0.2) is 4.98 Å². The molecular weight excluding hydrogens is 478 g/mol. The largest absolute Gasteiger partial charge is 0.432 e. The van der Waals surface area contributed by atoms with Crippen molar-refractivity contribution < 1.29 is 26.3 Å². The number of hydrogen-bond acceptors (Lipinski definition) is 3. The summed E-state index contributed by atoms with van der Waals surface area (Å²) in [5.74, 6) is 0.417. The number of alkyl halides is 6. The first-order chi connectivity index (χ1) is 16.0. The number of hydrogen-bond donors (Lipinski definition) is 1. The molecule has 0 bridgehead atoms. The molecule has 3 heterocycles. The lowest BCUT2D eigenvalue weighted by atomic mass is 10.1. The van der Waals surface area contributed by atoms with Crippen LogP contribution in [0.25, 0.3) is 27.6 Å². The van der Waals surface area contributed by atoms with Gasteiger partial charge in [-0.1, -0.05) is 17.7 Å². The van der Waals surface area contributed by atoms with Crippen molar-refractivity contribution in [2.24, 2.45) is 0 Å². The molecule has 11 heteroatoms. The molecule has 2 aromatic carbocycles. The predicted molar refractivity (Wildman–Crippen MR) is 116 cm³/mol. The second-order valence-corrected chi connectivity index (χ2v) is 8.68. The number of rotatable bonds is 3. The lowest BCUT2D eigenvalue weighted by molar-refractivity contribution is -0.141. The fourth-order valence-corrected chi connectivity index (χ4v) is 4.52.